The van der Waals surface area contributed by atoms with Crippen molar-refractivity contribution in [2.75, 3.05) is 13.1 Å². The van der Waals surface area contributed by atoms with Crippen molar-refractivity contribution in [3.8, 4) is 0 Å². The lowest BCUT2D eigenvalue weighted by atomic mass is 10.2. The van der Waals surface area contributed by atoms with E-state index in [-0.39, 0.29) is 6.09 Å². The molecule has 4 nitrogen and oxygen atoms in total. The second kappa shape index (κ2) is 7.37. The van der Waals surface area contributed by atoms with Gasteiger partial charge in [-0.05, 0) is 45.8 Å². The smallest absolute Gasteiger partial charge is 0.407 e. The largest absolute Gasteiger partial charge is 0.444 e. The molecule has 0 saturated carbocycles. The Labute approximate surface area is 96.1 Å². The summed E-state index contributed by atoms with van der Waals surface area (Å²) in [5.74, 6) is 0. The maximum atomic E-state index is 11.2. The molecule has 0 radical (unpaired) electrons. The quantitative estimate of drug-likeness (QED) is 0.448. The number of nitrogens with one attached hydrogen (secondary N) is 1. The third-order valence-electron chi connectivity index (χ3n) is 1.43. The monoisotopic (exact) mass is 230 g/mol. The lowest BCUT2D eigenvalue weighted by Crippen LogP contribution is -2.33. The Hall–Kier alpha value is -0.930. The molecule has 0 heterocycles. The zero-order chi connectivity index (χ0) is 11.7. The van der Waals surface area contributed by atoms with Crippen LogP contribution in [0.3, 0.4) is 0 Å². The number of hydrogen-bond donors (Lipinski definition) is 1. The summed E-state index contributed by atoms with van der Waals surface area (Å²) >= 11 is 4.42. The van der Waals surface area contributed by atoms with Gasteiger partial charge in [0.2, 0.25) is 0 Å². The molecule has 0 aliphatic carbocycles. The van der Waals surface area contributed by atoms with E-state index in [1.165, 1.54) is 0 Å². The van der Waals surface area contributed by atoms with Gasteiger partial charge in [0.1, 0.15) is 5.60 Å². The Balaban J connectivity index is 3.43. The van der Waals surface area contributed by atoms with E-state index in [1.807, 2.05) is 20.8 Å². The molecule has 0 bridgehead atoms. The maximum absolute atomic E-state index is 11.2. The van der Waals surface area contributed by atoms with Crippen molar-refractivity contribution in [2.45, 2.75) is 39.2 Å². The molecule has 0 unspecified atom stereocenters. The summed E-state index contributed by atoms with van der Waals surface area (Å²) in [6, 6.07) is 0. The highest BCUT2D eigenvalue weighted by Gasteiger charge is 2.15. The molecular weight excluding hydrogens is 212 g/mol. The lowest BCUT2D eigenvalue weighted by Gasteiger charge is -2.19. The maximum Gasteiger partial charge on any atom is 0.407 e. The van der Waals surface area contributed by atoms with E-state index in [1.54, 1.807) is 0 Å². The van der Waals surface area contributed by atoms with Gasteiger partial charge in [0.25, 0.3) is 0 Å². The van der Waals surface area contributed by atoms with Crippen molar-refractivity contribution in [2.24, 2.45) is 4.99 Å². The van der Waals surface area contributed by atoms with E-state index < -0.39 is 5.60 Å². The highest BCUT2D eigenvalue weighted by atomic mass is 32.1. The summed E-state index contributed by atoms with van der Waals surface area (Å²) in [5, 5.41) is 4.96. The molecule has 0 aliphatic heterocycles. The van der Waals surface area contributed by atoms with Crippen molar-refractivity contribution >= 4 is 23.5 Å². The van der Waals surface area contributed by atoms with Crippen molar-refractivity contribution < 1.29 is 9.53 Å². The first-order chi connectivity index (χ1) is 6.95. The van der Waals surface area contributed by atoms with Crippen LogP contribution in [-0.4, -0.2) is 29.9 Å². The Morgan fingerprint density at radius 2 is 2.13 bits per heavy atom. The summed E-state index contributed by atoms with van der Waals surface area (Å²) in [4.78, 5) is 14.9. The molecular formula is C10H18N2O2S. The first-order valence-electron chi connectivity index (χ1n) is 4.96. The normalized spacial score (nSPS) is 10.3. The number of nitrogens with zero attached hydrogens (tertiary/aromatic N) is 1. The second-order valence-corrected chi connectivity index (χ2v) is 4.29. The van der Waals surface area contributed by atoms with Crippen molar-refractivity contribution in [3.05, 3.63) is 0 Å². The molecule has 86 valence electrons. The van der Waals surface area contributed by atoms with Gasteiger partial charge in [-0.2, -0.15) is 0 Å². The second-order valence-electron chi connectivity index (χ2n) is 4.11. The van der Waals surface area contributed by atoms with Crippen LogP contribution in [0, 0.1) is 0 Å². The van der Waals surface area contributed by atoms with Crippen LogP contribution in [-0.2, 0) is 4.74 Å². The van der Waals surface area contributed by atoms with Crippen LogP contribution in [0.15, 0.2) is 4.99 Å². The Bertz CT molecular complexity index is 242. The highest BCUT2D eigenvalue weighted by molar-refractivity contribution is 7.78. The van der Waals surface area contributed by atoms with Crippen LogP contribution >= 0.6 is 12.2 Å². The van der Waals surface area contributed by atoms with Crippen LogP contribution in [0.5, 0.6) is 0 Å². The fourth-order valence-corrected chi connectivity index (χ4v) is 0.957. The zero-order valence-electron chi connectivity index (χ0n) is 9.50. The molecule has 0 rings (SSSR count). The minimum absolute atomic E-state index is 0.374. The molecule has 0 saturated heterocycles. The molecule has 0 spiro atoms. The minimum atomic E-state index is -0.439. The molecule has 0 aromatic heterocycles. The van der Waals surface area contributed by atoms with Crippen LogP contribution in [0.25, 0.3) is 0 Å². The Kier molecular flexibility index (Phi) is 6.92. The number of isothiocyanates is 1. The lowest BCUT2D eigenvalue weighted by molar-refractivity contribution is 0.0527. The summed E-state index contributed by atoms with van der Waals surface area (Å²) in [6.07, 6.45) is 1.37. The summed E-state index contributed by atoms with van der Waals surface area (Å²) in [5.41, 5.74) is -0.439. The number of thiocarbonyl (C=S) groups is 1. The number of aliphatic imine (C=N–C) groups is 1. The number of unbranched alkanes of at least 4 members (excludes halogenated alkanes) is 1. The average Bonchev–Trinajstić information content (AvgIpc) is 2.08. The van der Waals surface area contributed by atoms with Crippen LogP contribution < -0.4 is 5.32 Å². The number of ether oxygens (including phenoxy) is 1. The average molecular weight is 230 g/mol. The van der Waals surface area contributed by atoms with E-state index in [0.717, 1.165) is 12.8 Å². The van der Waals surface area contributed by atoms with Gasteiger partial charge in [-0.25, -0.2) is 9.79 Å². The molecule has 0 aromatic rings. The fraction of sp³-hybridized carbons (Fsp3) is 0.800. The number of hydrogen-bond acceptors (Lipinski definition) is 4. The topological polar surface area (TPSA) is 50.7 Å². The minimum Gasteiger partial charge on any atom is -0.444 e. The first-order valence-corrected chi connectivity index (χ1v) is 5.37. The van der Waals surface area contributed by atoms with Gasteiger partial charge in [0.05, 0.1) is 5.16 Å². The van der Waals surface area contributed by atoms with Gasteiger partial charge >= 0.3 is 6.09 Å². The molecule has 1 N–H and O–H groups in total. The molecule has 0 aliphatic rings. The molecule has 5 heteroatoms. The zero-order valence-corrected chi connectivity index (χ0v) is 10.3. The number of rotatable bonds is 5. The summed E-state index contributed by atoms with van der Waals surface area (Å²) in [6.45, 7) is 6.77. The molecule has 0 aromatic carbocycles. The van der Waals surface area contributed by atoms with Gasteiger partial charge in [0, 0.05) is 13.1 Å². The van der Waals surface area contributed by atoms with Crippen molar-refractivity contribution in [3.63, 3.8) is 0 Å². The molecule has 0 fully saturated rings. The highest BCUT2D eigenvalue weighted by Crippen LogP contribution is 2.06. The predicted octanol–water partition coefficient (Wildman–Crippen LogP) is 2.39. The van der Waals surface area contributed by atoms with E-state index in [9.17, 15) is 4.79 Å². The van der Waals surface area contributed by atoms with Gasteiger partial charge < -0.3 is 10.1 Å². The number of carbonyl (C=O) groups excluding carboxylic acids is 1. The van der Waals surface area contributed by atoms with E-state index in [0.29, 0.717) is 13.1 Å². The third kappa shape index (κ3) is 11.0. The van der Waals surface area contributed by atoms with Crippen molar-refractivity contribution in [1.82, 2.24) is 5.32 Å². The molecule has 0 atom stereocenters. The Morgan fingerprint density at radius 3 is 2.67 bits per heavy atom. The van der Waals surface area contributed by atoms with Crippen LogP contribution in [0.1, 0.15) is 33.6 Å². The van der Waals surface area contributed by atoms with Crippen LogP contribution in [0.2, 0.25) is 0 Å². The van der Waals surface area contributed by atoms with E-state index >= 15 is 0 Å². The first kappa shape index (κ1) is 14.1. The van der Waals surface area contributed by atoms with Crippen LogP contribution in [0.4, 0.5) is 4.79 Å². The molecule has 1 amide bonds. The molecule has 15 heavy (non-hydrogen) atoms. The summed E-state index contributed by atoms with van der Waals surface area (Å²) < 4.78 is 5.06. The van der Waals surface area contributed by atoms with Gasteiger partial charge in [-0.3, -0.25) is 0 Å². The summed E-state index contributed by atoms with van der Waals surface area (Å²) in [7, 11) is 0. The van der Waals surface area contributed by atoms with Gasteiger partial charge in [-0.15, -0.1) is 0 Å². The number of carbonyl (C=O) groups is 1. The SMILES string of the molecule is CC(C)(C)OC(=O)NCCCCN=C=S. The van der Waals surface area contributed by atoms with E-state index in [4.69, 9.17) is 4.74 Å². The Morgan fingerprint density at radius 1 is 1.47 bits per heavy atom. The van der Waals surface area contributed by atoms with Gasteiger partial charge in [-0.1, -0.05) is 0 Å². The predicted molar refractivity (Wildman–Crippen MR) is 63.4 cm³/mol. The third-order valence-corrected chi connectivity index (χ3v) is 1.56. The van der Waals surface area contributed by atoms with Gasteiger partial charge in [0.15, 0.2) is 0 Å². The standard InChI is InChI=1S/C10H18N2O2S/c1-10(2,3)14-9(13)12-7-5-4-6-11-8-15/h4-7H2,1-3H3,(H,12,13). The van der Waals surface area contributed by atoms with E-state index in [2.05, 4.69) is 27.7 Å². The number of amides is 1. The fourth-order valence-electron chi connectivity index (χ4n) is 0.866. The van der Waals surface area contributed by atoms with Crippen molar-refractivity contribution in [1.29, 1.82) is 0 Å². The number of alkyl carbamates (subject to hydrolysis) is 1.